The molecule has 15 heavy (non-hydrogen) atoms. The summed E-state index contributed by atoms with van der Waals surface area (Å²) in [6, 6.07) is 0. The van der Waals surface area contributed by atoms with Crippen molar-refractivity contribution in [1.82, 2.24) is 0 Å². The van der Waals surface area contributed by atoms with Crippen LogP contribution in [-0.4, -0.2) is 28.1 Å². The number of carbonyl (C=O) groups is 1. The van der Waals surface area contributed by atoms with Gasteiger partial charge in [-0.3, -0.25) is 0 Å². The molecule has 1 aliphatic heterocycles. The van der Waals surface area contributed by atoms with Gasteiger partial charge in [-0.15, -0.1) is 0 Å². The summed E-state index contributed by atoms with van der Waals surface area (Å²) in [5.41, 5.74) is 0. The monoisotopic (exact) mass is 277 g/mol. The van der Waals surface area contributed by atoms with Crippen LogP contribution in [0.25, 0.3) is 0 Å². The molecule has 0 amide bonds. The quantitative estimate of drug-likeness (QED) is 0.406. The Balaban J connectivity index is 1.98. The van der Waals surface area contributed by atoms with E-state index in [4.69, 9.17) is 4.74 Å². The first-order valence-corrected chi connectivity index (χ1v) is 7.08. The number of hydrogen-bond donors (Lipinski definition) is 0. The zero-order valence-electron chi connectivity index (χ0n) is 9.54. The molecule has 2 unspecified atom stereocenters. The van der Waals surface area contributed by atoms with Crippen molar-refractivity contribution in [3.63, 3.8) is 0 Å². The van der Waals surface area contributed by atoms with Crippen molar-refractivity contribution in [3.8, 4) is 0 Å². The molecule has 0 N–H and O–H groups in total. The van der Waals surface area contributed by atoms with E-state index in [1.807, 2.05) is 0 Å². The van der Waals surface area contributed by atoms with E-state index in [1.54, 1.807) is 0 Å². The number of hydrogen-bond acceptors (Lipinski definition) is 2. The van der Waals surface area contributed by atoms with Crippen LogP contribution in [-0.2, 0) is 9.53 Å². The van der Waals surface area contributed by atoms with Gasteiger partial charge in [-0.1, -0.05) is 0 Å². The number of esters is 1. The second kappa shape index (κ2) is 7.29. The summed E-state index contributed by atoms with van der Waals surface area (Å²) in [4.78, 5) is 11.3. The zero-order valence-corrected chi connectivity index (χ0v) is 11.2. The Hall–Kier alpha value is -0.0105. The van der Waals surface area contributed by atoms with Gasteiger partial charge < -0.3 is 0 Å². The van der Waals surface area contributed by atoms with Crippen LogP contribution in [0.4, 0.5) is 0 Å². The summed E-state index contributed by atoms with van der Waals surface area (Å²) in [7, 11) is 0. The van der Waals surface area contributed by atoms with E-state index in [2.05, 4.69) is 22.9 Å². The molecule has 1 radical (unpaired) electrons. The van der Waals surface area contributed by atoms with Gasteiger partial charge in [0, 0.05) is 0 Å². The first-order valence-electron chi connectivity index (χ1n) is 6.09. The minimum atomic E-state index is -0.0327. The molecule has 1 saturated heterocycles. The van der Waals surface area contributed by atoms with Gasteiger partial charge in [-0.2, -0.15) is 0 Å². The Bertz CT molecular complexity index is 194. The van der Waals surface area contributed by atoms with Crippen LogP contribution in [0.2, 0.25) is 4.82 Å². The van der Waals surface area contributed by atoms with E-state index in [0.717, 1.165) is 6.42 Å². The summed E-state index contributed by atoms with van der Waals surface area (Å²) in [5, 5.41) is 0. The Morgan fingerprint density at radius 1 is 1.27 bits per heavy atom. The van der Waals surface area contributed by atoms with Crippen LogP contribution in [0.1, 0.15) is 58.3 Å². The van der Waals surface area contributed by atoms with Gasteiger partial charge in [0.1, 0.15) is 0 Å². The van der Waals surface area contributed by atoms with Crippen LogP contribution in [0, 0.1) is 0 Å². The predicted octanol–water partition coefficient (Wildman–Crippen LogP) is 3.01. The van der Waals surface area contributed by atoms with Crippen LogP contribution < -0.4 is 0 Å². The third kappa shape index (κ3) is 5.03. The van der Waals surface area contributed by atoms with E-state index >= 15 is 0 Å². The number of carbonyl (C=O) groups excluding carboxylic acids is 1. The normalized spacial score (nSPS) is 25.6. The van der Waals surface area contributed by atoms with Gasteiger partial charge in [-0.05, 0) is 0 Å². The van der Waals surface area contributed by atoms with Crippen LogP contribution in [0.5, 0.6) is 0 Å². The molecule has 0 aromatic rings. The SMILES string of the molecule is CCCCCCCCC1OC(=O)CC1[Se]. The molecule has 3 heteroatoms. The average Bonchev–Trinajstić information content (AvgIpc) is 2.51. The third-order valence-electron chi connectivity index (χ3n) is 2.91. The van der Waals surface area contributed by atoms with E-state index < -0.39 is 0 Å². The van der Waals surface area contributed by atoms with Gasteiger partial charge in [-0.25, -0.2) is 0 Å². The summed E-state index contributed by atoms with van der Waals surface area (Å²) >= 11 is 3.03. The minimum absolute atomic E-state index is 0.0327. The molecule has 0 spiro atoms. The predicted molar refractivity (Wildman–Crippen MR) is 62.0 cm³/mol. The van der Waals surface area contributed by atoms with Crippen molar-refractivity contribution in [1.29, 1.82) is 0 Å². The van der Waals surface area contributed by atoms with Crippen LogP contribution in [0.3, 0.4) is 0 Å². The van der Waals surface area contributed by atoms with Crippen molar-refractivity contribution in [2.24, 2.45) is 0 Å². The van der Waals surface area contributed by atoms with Gasteiger partial charge in [0.15, 0.2) is 0 Å². The molecule has 0 bridgehead atoms. The number of cyclic esters (lactones) is 1. The molecule has 87 valence electrons. The number of ether oxygens (including phenoxy) is 1. The first-order chi connectivity index (χ1) is 7.24. The fourth-order valence-corrected chi connectivity index (χ4v) is 2.65. The second-order valence-electron chi connectivity index (χ2n) is 4.33. The van der Waals surface area contributed by atoms with Gasteiger partial charge in [0.05, 0.1) is 0 Å². The Morgan fingerprint density at radius 3 is 2.53 bits per heavy atom. The number of rotatable bonds is 7. The van der Waals surface area contributed by atoms with Crippen molar-refractivity contribution in [2.75, 3.05) is 0 Å². The van der Waals surface area contributed by atoms with E-state index in [-0.39, 0.29) is 12.1 Å². The van der Waals surface area contributed by atoms with Gasteiger partial charge in [0.25, 0.3) is 0 Å². The Labute approximate surface area is 101 Å². The van der Waals surface area contributed by atoms with E-state index in [1.165, 1.54) is 38.5 Å². The molecule has 2 nitrogen and oxygen atoms in total. The molecule has 1 fully saturated rings. The molecule has 0 aliphatic carbocycles. The summed E-state index contributed by atoms with van der Waals surface area (Å²) in [5.74, 6) is -0.0327. The van der Waals surface area contributed by atoms with Crippen molar-refractivity contribution < 1.29 is 9.53 Å². The summed E-state index contributed by atoms with van der Waals surface area (Å²) in [6.07, 6.45) is 9.56. The van der Waals surface area contributed by atoms with E-state index in [9.17, 15) is 4.79 Å². The summed E-state index contributed by atoms with van der Waals surface area (Å²) < 4.78 is 5.23. The van der Waals surface area contributed by atoms with Gasteiger partial charge >= 0.3 is 101 Å². The standard InChI is InChI=1S/C12H21O2Se/c1-2-3-4-5-6-7-8-10-11(15)9-12(13)14-10/h10-11H,2-9H2,1H3. The first kappa shape index (κ1) is 13.1. The number of unbranched alkanes of at least 4 members (excludes halogenated alkanes) is 5. The zero-order chi connectivity index (χ0) is 11.1. The van der Waals surface area contributed by atoms with Crippen molar-refractivity contribution in [3.05, 3.63) is 0 Å². The molecule has 1 heterocycles. The molecule has 1 aliphatic rings. The molecule has 0 aromatic carbocycles. The molecular formula is C12H21O2Se. The van der Waals surface area contributed by atoms with E-state index in [0.29, 0.717) is 11.2 Å². The van der Waals surface area contributed by atoms with Crippen molar-refractivity contribution >= 4 is 22.0 Å². The second-order valence-corrected chi connectivity index (χ2v) is 5.60. The fourth-order valence-electron chi connectivity index (χ4n) is 1.96. The molecule has 1 rings (SSSR count). The Morgan fingerprint density at radius 2 is 1.93 bits per heavy atom. The van der Waals surface area contributed by atoms with Crippen molar-refractivity contribution in [2.45, 2.75) is 69.2 Å². The average molecular weight is 276 g/mol. The topological polar surface area (TPSA) is 26.3 Å². The fraction of sp³-hybridized carbons (Fsp3) is 0.917. The Kier molecular flexibility index (Phi) is 6.35. The molecule has 0 aromatic heterocycles. The third-order valence-corrected chi connectivity index (χ3v) is 3.89. The summed E-state index contributed by atoms with van der Waals surface area (Å²) in [6.45, 7) is 2.23. The van der Waals surface area contributed by atoms with Gasteiger partial charge in [0.2, 0.25) is 0 Å². The maximum absolute atomic E-state index is 11.0. The van der Waals surface area contributed by atoms with Crippen LogP contribution >= 0.6 is 0 Å². The van der Waals surface area contributed by atoms with Crippen LogP contribution in [0.15, 0.2) is 0 Å². The molecule has 2 atom stereocenters. The molecule has 0 saturated carbocycles. The maximum atomic E-state index is 11.0. The molecular weight excluding hydrogens is 255 g/mol.